The highest BCUT2D eigenvalue weighted by atomic mass is 32.1. The Morgan fingerprint density at radius 2 is 2.37 bits per heavy atom. The van der Waals surface area contributed by atoms with Crippen molar-refractivity contribution < 1.29 is 13.9 Å². The van der Waals surface area contributed by atoms with Gasteiger partial charge in [0.25, 0.3) is 5.91 Å². The number of hydrogen-bond acceptors (Lipinski definition) is 4. The molecule has 0 aromatic carbocycles. The van der Waals surface area contributed by atoms with Crippen LogP contribution in [-0.2, 0) is 11.3 Å². The summed E-state index contributed by atoms with van der Waals surface area (Å²) in [6.45, 7) is 3.61. The number of thiophene rings is 1. The average Bonchev–Trinajstić information content (AvgIpc) is 3.05. The highest BCUT2D eigenvalue weighted by Crippen LogP contribution is 2.17. The number of amides is 1. The standard InChI is InChI=1S/C14H17NO3S/c1-11-7-13(19-10-11)14(16)15(4-6-17-2)8-12-3-5-18-9-12/h3,5,7,9-10H,4,6,8H2,1-2H3. The second-order valence-corrected chi connectivity index (χ2v) is 5.25. The summed E-state index contributed by atoms with van der Waals surface area (Å²) >= 11 is 1.48. The fourth-order valence-corrected chi connectivity index (χ4v) is 2.62. The van der Waals surface area contributed by atoms with Crippen LogP contribution in [0.5, 0.6) is 0 Å². The van der Waals surface area contributed by atoms with Gasteiger partial charge in [-0.25, -0.2) is 0 Å². The molecule has 0 bridgehead atoms. The Kier molecular flexibility index (Phi) is 4.76. The van der Waals surface area contributed by atoms with E-state index in [1.807, 2.05) is 24.4 Å². The Morgan fingerprint density at radius 1 is 1.53 bits per heavy atom. The third-order valence-electron chi connectivity index (χ3n) is 2.75. The largest absolute Gasteiger partial charge is 0.472 e. The number of carbonyl (C=O) groups is 1. The summed E-state index contributed by atoms with van der Waals surface area (Å²) in [7, 11) is 1.63. The van der Waals surface area contributed by atoms with Crippen molar-refractivity contribution >= 4 is 17.2 Å². The summed E-state index contributed by atoms with van der Waals surface area (Å²) in [5.41, 5.74) is 2.10. The Morgan fingerprint density at radius 3 is 2.95 bits per heavy atom. The molecule has 0 aliphatic heterocycles. The maximum absolute atomic E-state index is 12.4. The smallest absolute Gasteiger partial charge is 0.264 e. The maximum atomic E-state index is 12.4. The fourth-order valence-electron chi connectivity index (χ4n) is 1.76. The van der Waals surface area contributed by atoms with E-state index in [9.17, 15) is 4.79 Å². The third-order valence-corrected chi connectivity index (χ3v) is 3.78. The van der Waals surface area contributed by atoms with Gasteiger partial charge in [-0.2, -0.15) is 0 Å². The van der Waals surface area contributed by atoms with Crippen LogP contribution in [0.15, 0.2) is 34.5 Å². The van der Waals surface area contributed by atoms with Crippen LogP contribution in [0, 0.1) is 6.92 Å². The van der Waals surface area contributed by atoms with Crippen molar-refractivity contribution in [1.29, 1.82) is 0 Å². The zero-order valence-electron chi connectivity index (χ0n) is 11.1. The second-order valence-electron chi connectivity index (χ2n) is 4.34. The number of methoxy groups -OCH3 is 1. The van der Waals surface area contributed by atoms with Crippen LogP contribution < -0.4 is 0 Å². The van der Waals surface area contributed by atoms with Gasteiger partial charge < -0.3 is 14.1 Å². The molecule has 0 unspecified atom stereocenters. The van der Waals surface area contributed by atoms with Crippen molar-refractivity contribution in [3.8, 4) is 0 Å². The lowest BCUT2D eigenvalue weighted by Crippen LogP contribution is -2.32. The molecular weight excluding hydrogens is 262 g/mol. The molecule has 2 rings (SSSR count). The van der Waals surface area contributed by atoms with Gasteiger partial charge in [-0.15, -0.1) is 11.3 Å². The van der Waals surface area contributed by atoms with Crippen molar-refractivity contribution in [1.82, 2.24) is 4.90 Å². The molecule has 2 heterocycles. The Hall–Kier alpha value is -1.59. The summed E-state index contributed by atoms with van der Waals surface area (Å²) in [6, 6.07) is 3.79. The molecule has 0 atom stereocenters. The van der Waals surface area contributed by atoms with E-state index in [4.69, 9.17) is 9.15 Å². The van der Waals surface area contributed by atoms with Crippen LogP contribution in [-0.4, -0.2) is 31.1 Å². The van der Waals surface area contributed by atoms with Crippen LogP contribution in [0.25, 0.3) is 0 Å². The van der Waals surface area contributed by atoms with Gasteiger partial charge in [0.15, 0.2) is 0 Å². The number of hydrogen-bond donors (Lipinski definition) is 0. The molecule has 2 aromatic heterocycles. The van der Waals surface area contributed by atoms with Gasteiger partial charge >= 0.3 is 0 Å². The minimum absolute atomic E-state index is 0.0383. The molecule has 5 heteroatoms. The fraction of sp³-hybridized carbons (Fsp3) is 0.357. The molecule has 2 aromatic rings. The van der Waals surface area contributed by atoms with Gasteiger partial charge in [0, 0.05) is 25.8 Å². The lowest BCUT2D eigenvalue weighted by Gasteiger charge is -2.21. The Bertz CT molecular complexity index is 519. The third kappa shape index (κ3) is 3.68. The molecule has 102 valence electrons. The van der Waals surface area contributed by atoms with Gasteiger partial charge in [-0.05, 0) is 30.0 Å². The zero-order chi connectivity index (χ0) is 13.7. The predicted molar refractivity (Wildman–Crippen MR) is 74.4 cm³/mol. The summed E-state index contributed by atoms with van der Waals surface area (Å²) < 4.78 is 10.1. The maximum Gasteiger partial charge on any atom is 0.264 e. The van der Waals surface area contributed by atoms with Crippen LogP contribution in [0.2, 0.25) is 0 Å². The molecule has 1 amide bonds. The van der Waals surface area contributed by atoms with E-state index in [2.05, 4.69) is 0 Å². The minimum atomic E-state index is 0.0383. The van der Waals surface area contributed by atoms with Crippen molar-refractivity contribution in [3.63, 3.8) is 0 Å². The first kappa shape index (κ1) is 13.8. The Labute approximate surface area is 116 Å². The van der Waals surface area contributed by atoms with E-state index < -0.39 is 0 Å². The average molecular weight is 279 g/mol. The molecule has 0 saturated carbocycles. The molecule has 0 radical (unpaired) electrons. The first-order chi connectivity index (χ1) is 9.20. The quantitative estimate of drug-likeness (QED) is 0.816. The second kappa shape index (κ2) is 6.54. The van der Waals surface area contributed by atoms with Crippen molar-refractivity contribution in [2.45, 2.75) is 13.5 Å². The van der Waals surface area contributed by atoms with Gasteiger partial charge in [-0.1, -0.05) is 0 Å². The van der Waals surface area contributed by atoms with Gasteiger partial charge in [0.05, 0.1) is 24.0 Å². The van der Waals surface area contributed by atoms with Crippen LogP contribution in [0.3, 0.4) is 0 Å². The molecule has 0 saturated heterocycles. The number of carbonyl (C=O) groups excluding carboxylic acids is 1. The summed E-state index contributed by atoms with van der Waals surface area (Å²) in [5, 5.41) is 1.99. The highest BCUT2D eigenvalue weighted by molar-refractivity contribution is 7.12. The van der Waals surface area contributed by atoms with Crippen LogP contribution >= 0.6 is 11.3 Å². The van der Waals surface area contributed by atoms with E-state index in [0.29, 0.717) is 19.7 Å². The lowest BCUT2D eigenvalue weighted by molar-refractivity contribution is 0.0685. The molecule has 0 N–H and O–H groups in total. The van der Waals surface area contributed by atoms with Crippen molar-refractivity contribution in [2.24, 2.45) is 0 Å². The molecule has 4 nitrogen and oxygen atoms in total. The van der Waals surface area contributed by atoms with Crippen LogP contribution in [0.1, 0.15) is 20.8 Å². The van der Waals surface area contributed by atoms with Gasteiger partial charge in [0.2, 0.25) is 0 Å². The van der Waals surface area contributed by atoms with Gasteiger partial charge in [0.1, 0.15) is 0 Å². The summed E-state index contributed by atoms with van der Waals surface area (Å²) in [5.74, 6) is 0.0383. The minimum Gasteiger partial charge on any atom is -0.472 e. The zero-order valence-corrected chi connectivity index (χ0v) is 11.9. The first-order valence-corrected chi connectivity index (χ1v) is 6.93. The van der Waals surface area contributed by atoms with E-state index in [-0.39, 0.29) is 5.91 Å². The van der Waals surface area contributed by atoms with Crippen molar-refractivity contribution in [2.75, 3.05) is 20.3 Å². The van der Waals surface area contributed by atoms with E-state index >= 15 is 0 Å². The monoisotopic (exact) mass is 279 g/mol. The normalized spacial score (nSPS) is 10.6. The lowest BCUT2D eigenvalue weighted by atomic mass is 10.2. The SMILES string of the molecule is COCCN(Cc1ccoc1)C(=O)c1cc(C)cs1. The van der Waals surface area contributed by atoms with E-state index in [1.165, 1.54) is 11.3 Å². The molecule has 0 fully saturated rings. The van der Waals surface area contributed by atoms with E-state index in [1.54, 1.807) is 24.5 Å². The number of nitrogens with zero attached hydrogens (tertiary/aromatic N) is 1. The first-order valence-electron chi connectivity index (χ1n) is 6.05. The predicted octanol–water partition coefficient (Wildman–Crippen LogP) is 2.94. The Balaban J connectivity index is 2.10. The number of aryl methyl sites for hydroxylation is 1. The number of rotatable bonds is 6. The molecule has 0 aliphatic rings. The number of furan rings is 1. The topological polar surface area (TPSA) is 42.7 Å². The molecule has 0 spiro atoms. The summed E-state index contributed by atoms with van der Waals surface area (Å²) in [4.78, 5) is 15.0. The molecular formula is C14H17NO3S. The number of ether oxygens (including phenoxy) is 1. The van der Waals surface area contributed by atoms with E-state index in [0.717, 1.165) is 16.0 Å². The van der Waals surface area contributed by atoms with Gasteiger partial charge in [-0.3, -0.25) is 4.79 Å². The molecule has 19 heavy (non-hydrogen) atoms. The van der Waals surface area contributed by atoms with Crippen LogP contribution in [0.4, 0.5) is 0 Å². The highest BCUT2D eigenvalue weighted by Gasteiger charge is 2.17. The molecule has 0 aliphatic carbocycles. The van der Waals surface area contributed by atoms with Crippen molar-refractivity contribution in [3.05, 3.63) is 46.0 Å². The summed E-state index contributed by atoms with van der Waals surface area (Å²) in [6.07, 6.45) is 3.27.